The van der Waals surface area contributed by atoms with Crippen LogP contribution in [0, 0.1) is 5.92 Å². The largest absolute Gasteiger partial charge is 0.352 e. The lowest BCUT2D eigenvalue weighted by molar-refractivity contribution is -0.116. The molecule has 5 rings (SSSR count). The third kappa shape index (κ3) is 4.83. The number of nitrogens with one attached hydrogen (secondary N) is 1. The molecular weight excluding hydrogens is 491 g/mol. The number of hydrogen-bond donors (Lipinski definition) is 1. The van der Waals surface area contributed by atoms with Gasteiger partial charge in [0.25, 0.3) is 11.8 Å². The highest BCUT2D eigenvalue weighted by Crippen LogP contribution is 2.34. The Kier molecular flexibility index (Phi) is 6.86. The van der Waals surface area contributed by atoms with Crippen molar-refractivity contribution in [1.82, 2.24) is 19.6 Å². The van der Waals surface area contributed by atoms with Crippen molar-refractivity contribution in [2.24, 2.45) is 5.92 Å². The van der Waals surface area contributed by atoms with Crippen molar-refractivity contribution in [1.29, 1.82) is 0 Å². The van der Waals surface area contributed by atoms with Crippen molar-refractivity contribution in [3.05, 3.63) is 68.8 Å². The van der Waals surface area contributed by atoms with Gasteiger partial charge in [0.15, 0.2) is 0 Å². The first kappa shape index (κ1) is 23.3. The number of thioether (sulfide) groups is 1. The molecule has 0 radical (unpaired) electrons. The number of carbonyl (C=O) groups excluding carboxylic acids is 2. The van der Waals surface area contributed by atoms with E-state index in [2.05, 4.69) is 14.7 Å². The van der Waals surface area contributed by atoms with Gasteiger partial charge < -0.3 is 10.2 Å². The van der Waals surface area contributed by atoms with Crippen molar-refractivity contribution in [3.8, 4) is 0 Å². The number of hydrogen-bond acceptors (Lipinski definition) is 4. The molecule has 1 fully saturated rings. The number of amides is 2. The maximum atomic E-state index is 12.7. The van der Waals surface area contributed by atoms with Crippen LogP contribution >= 0.6 is 35.0 Å². The summed E-state index contributed by atoms with van der Waals surface area (Å²) in [6, 6.07) is 10.9. The second kappa shape index (κ2) is 10.0. The molecule has 3 aromatic rings. The van der Waals surface area contributed by atoms with Crippen molar-refractivity contribution in [2.75, 3.05) is 19.6 Å². The van der Waals surface area contributed by atoms with Crippen molar-refractivity contribution in [2.45, 2.75) is 30.7 Å². The number of carbonyl (C=O) groups is 2. The quantitative estimate of drug-likeness (QED) is 0.438. The highest BCUT2D eigenvalue weighted by molar-refractivity contribution is 8.04. The van der Waals surface area contributed by atoms with Crippen LogP contribution in [-0.4, -0.2) is 45.7 Å². The molecule has 6 nitrogen and oxygen atoms in total. The molecule has 9 heteroatoms. The molecule has 2 aliphatic rings. The predicted molar refractivity (Wildman–Crippen MR) is 136 cm³/mol. The predicted octanol–water partition coefficient (Wildman–Crippen LogP) is 5.54. The Labute approximate surface area is 212 Å². The number of aromatic nitrogens is 2. The average molecular weight is 515 g/mol. The molecular formula is C25H24Cl2N4O2S. The molecule has 0 spiro atoms. The number of piperidine rings is 1. The molecule has 0 saturated carbocycles. The summed E-state index contributed by atoms with van der Waals surface area (Å²) in [6.45, 7) is 2.11. The van der Waals surface area contributed by atoms with Gasteiger partial charge in [-0.15, -0.1) is 0 Å². The molecule has 176 valence electrons. The Morgan fingerprint density at radius 3 is 2.74 bits per heavy atom. The molecule has 2 aromatic heterocycles. The monoisotopic (exact) mass is 514 g/mol. The van der Waals surface area contributed by atoms with Crippen LogP contribution in [0.15, 0.2) is 52.5 Å². The Hall–Kier alpha value is -2.48. The Bertz CT molecular complexity index is 1280. The van der Waals surface area contributed by atoms with Crippen molar-refractivity contribution >= 4 is 58.5 Å². The van der Waals surface area contributed by atoms with E-state index >= 15 is 0 Å². The molecule has 2 aliphatic heterocycles. The van der Waals surface area contributed by atoms with E-state index in [1.807, 2.05) is 29.2 Å². The van der Waals surface area contributed by atoms with E-state index in [1.54, 1.807) is 24.4 Å². The van der Waals surface area contributed by atoms with E-state index in [0.717, 1.165) is 55.1 Å². The third-order valence-corrected chi connectivity index (χ3v) is 8.17. The maximum Gasteiger partial charge on any atom is 0.258 e. The zero-order valence-electron chi connectivity index (χ0n) is 18.5. The normalized spacial score (nSPS) is 15.9. The second-order valence-electron chi connectivity index (χ2n) is 8.61. The molecule has 1 N–H and O–H groups in total. The van der Waals surface area contributed by atoms with Gasteiger partial charge in [-0.25, -0.2) is 4.98 Å². The van der Waals surface area contributed by atoms with Gasteiger partial charge in [-0.05, 0) is 68.0 Å². The lowest BCUT2D eigenvalue weighted by Crippen LogP contribution is -2.38. The first-order valence-corrected chi connectivity index (χ1v) is 13.0. The summed E-state index contributed by atoms with van der Waals surface area (Å²) in [7, 11) is 0. The molecule has 34 heavy (non-hydrogen) atoms. The number of benzene rings is 1. The van der Waals surface area contributed by atoms with Gasteiger partial charge in [0.05, 0.1) is 31.9 Å². The summed E-state index contributed by atoms with van der Waals surface area (Å²) in [4.78, 5) is 32.4. The number of rotatable bonds is 6. The average Bonchev–Trinajstić information content (AvgIpc) is 3.28. The highest BCUT2D eigenvalue weighted by Gasteiger charge is 2.24. The molecule has 2 amide bonds. The first-order chi connectivity index (χ1) is 16.5. The van der Waals surface area contributed by atoms with Gasteiger partial charge in [0.1, 0.15) is 5.65 Å². The van der Waals surface area contributed by atoms with Crippen LogP contribution in [0.4, 0.5) is 0 Å². The Morgan fingerprint density at radius 1 is 1.12 bits per heavy atom. The Morgan fingerprint density at radius 2 is 1.94 bits per heavy atom. The minimum absolute atomic E-state index is 0.000397. The smallest absolute Gasteiger partial charge is 0.258 e. The third-order valence-electron chi connectivity index (χ3n) is 6.38. The summed E-state index contributed by atoms with van der Waals surface area (Å²) in [6.07, 6.45) is 7.58. The fourth-order valence-corrected chi connectivity index (χ4v) is 5.82. The van der Waals surface area contributed by atoms with Crippen LogP contribution in [0.3, 0.4) is 0 Å². The van der Waals surface area contributed by atoms with Crippen LogP contribution in [0.5, 0.6) is 0 Å². The van der Waals surface area contributed by atoms with E-state index in [-0.39, 0.29) is 11.8 Å². The van der Waals surface area contributed by atoms with Gasteiger partial charge in [-0.1, -0.05) is 41.0 Å². The fraction of sp³-hybridized carbons (Fsp3) is 0.320. The van der Waals surface area contributed by atoms with Gasteiger partial charge in [0, 0.05) is 25.2 Å². The van der Waals surface area contributed by atoms with E-state index in [0.29, 0.717) is 33.0 Å². The lowest BCUT2D eigenvalue weighted by Gasteiger charge is -2.32. The van der Waals surface area contributed by atoms with E-state index in [4.69, 9.17) is 23.2 Å². The number of pyridine rings is 1. The van der Waals surface area contributed by atoms with Crippen LogP contribution < -0.4 is 5.32 Å². The molecule has 1 aromatic carbocycles. The van der Waals surface area contributed by atoms with Crippen molar-refractivity contribution < 1.29 is 9.59 Å². The summed E-state index contributed by atoms with van der Waals surface area (Å²) < 4.78 is 2.06. The summed E-state index contributed by atoms with van der Waals surface area (Å²) in [5, 5.41) is 4.91. The van der Waals surface area contributed by atoms with Gasteiger partial charge in [0.2, 0.25) is 0 Å². The standard InChI is InChI=1S/C25H24Cl2N4O2S/c26-19-7-6-17(13-20(19)27)25(33)30-11-8-16(9-12-30)3-2-10-28-24(32)21-14-18-15-29-22-4-1-5-23(34-21)31(18)22/h1,4-7,13-16H,2-3,8-12H2,(H,28,32). The van der Waals surface area contributed by atoms with Gasteiger partial charge in [-0.2, -0.15) is 0 Å². The van der Waals surface area contributed by atoms with Crippen LogP contribution in [0.1, 0.15) is 41.7 Å². The zero-order valence-corrected chi connectivity index (χ0v) is 20.8. The van der Waals surface area contributed by atoms with Crippen LogP contribution in [0.2, 0.25) is 10.0 Å². The number of nitrogens with zero attached hydrogens (tertiary/aromatic N) is 3. The van der Waals surface area contributed by atoms with E-state index < -0.39 is 0 Å². The van der Waals surface area contributed by atoms with E-state index in [9.17, 15) is 9.59 Å². The number of halogens is 2. The lowest BCUT2D eigenvalue weighted by atomic mass is 9.92. The minimum atomic E-state index is -0.0449. The van der Waals surface area contributed by atoms with Crippen LogP contribution in [0.25, 0.3) is 11.7 Å². The minimum Gasteiger partial charge on any atom is -0.352 e. The molecule has 0 bridgehead atoms. The summed E-state index contributed by atoms with van der Waals surface area (Å²) >= 11 is 13.5. The summed E-state index contributed by atoms with van der Waals surface area (Å²) in [5.74, 6) is 0.515. The molecule has 0 aliphatic carbocycles. The SMILES string of the molecule is O=C(NCCCC1CCN(C(=O)c2ccc(Cl)c(Cl)c2)CC1)C1=Cc2cnc3cccc(n23)S1. The molecule has 0 atom stereocenters. The van der Waals surface area contributed by atoms with Gasteiger partial charge in [-0.3, -0.25) is 14.0 Å². The van der Waals surface area contributed by atoms with E-state index in [1.165, 1.54) is 11.8 Å². The fourth-order valence-electron chi connectivity index (χ4n) is 4.51. The van der Waals surface area contributed by atoms with Crippen LogP contribution in [-0.2, 0) is 4.79 Å². The Balaban J connectivity index is 1.06. The topological polar surface area (TPSA) is 66.7 Å². The molecule has 0 unspecified atom stereocenters. The zero-order chi connectivity index (χ0) is 23.7. The molecule has 4 heterocycles. The highest BCUT2D eigenvalue weighted by atomic mass is 35.5. The number of likely N-dealkylation sites (tertiary alicyclic amines) is 1. The van der Waals surface area contributed by atoms with Gasteiger partial charge >= 0.3 is 0 Å². The maximum absolute atomic E-state index is 12.7. The molecule has 1 saturated heterocycles. The summed E-state index contributed by atoms with van der Waals surface area (Å²) in [5.41, 5.74) is 2.39. The number of imidazole rings is 1. The van der Waals surface area contributed by atoms with Crippen molar-refractivity contribution in [3.63, 3.8) is 0 Å². The first-order valence-electron chi connectivity index (χ1n) is 11.4. The second-order valence-corrected chi connectivity index (χ2v) is 10.5.